The molecule has 2 aromatic carbocycles. The van der Waals surface area contributed by atoms with Crippen LogP contribution in [0.5, 0.6) is 0 Å². The van der Waals surface area contributed by atoms with E-state index in [2.05, 4.69) is 0 Å². The summed E-state index contributed by atoms with van der Waals surface area (Å²) in [5, 5.41) is 11.9. The molecule has 25 heavy (non-hydrogen) atoms. The standard InChI is InChI=1S/C16H10Cl2F3NO2.Na/c17-10-3-1-8(13(18)7-10)5-12(15(23)24)11-4-2-9(6-14(11)22)16(19,20)21;/h1-7H,22H2,(H,23,24);/q;+1/p-1. The number of carboxylic acid groups (broad SMARTS) is 1. The predicted octanol–water partition coefficient (Wildman–Crippen LogP) is 0.889. The van der Waals surface area contributed by atoms with Crippen LogP contribution in [0.1, 0.15) is 16.7 Å². The van der Waals surface area contributed by atoms with Crippen molar-refractivity contribution in [3.8, 4) is 0 Å². The van der Waals surface area contributed by atoms with Gasteiger partial charge in [-0.05, 0) is 35.9 Å². The zero-order valence-corrected chi connectivity index (χ0v) is 16.3. The maximum atomic E-state index is 12.7. The van der Waals surface area contributed by atoms with Crippen molar-refractivity contribution in [1.82, 2.24) is 0 Å². The molecule has 2 N–H and O–H groups in total. The van der Waals surface area contributed by atoms with Crippen LogP contribution in [-0.4, -0.2) is 5.97 Å². The van der Waals surface area contributed by atoms with Crippen molar-refractivity contribution in [2.24, 2.45) is 0 Å². The molecule has 126 valence electrons. The van der Waals surface area contributed by atoms with Gasteiger partial charge in [-0.3, -0.25) is 0 Å². The van der Waals surface area contributed by atoms with E-state index in [1.165, 1.54) is 18.2 Å². The van der Waals surface area contributed by atoms with Gasteiger partial charge in [-0.25, -0.2) is 0 Å². The fraction of sp³-hybridized carbons (Fsp3) is 0.0625. The van der Waals surface area contributed by atoms with E-state index in [0.29, 0.717) is 16.7 Å². The first-order chi connectivity index (χ1) is 11.1. The summed E-state index contributed by atoms with van der Waals surface area (Å²) in [6, 6.07) is 6.74. The Bertz CT molecular complexity index is 839. The number of benzene rings is 2. The molecule has 0 aliphatic carbocycles. The van der Waals surface area contributed by atoms with E-state index in [1.807, 2.05) is 0 Å². The molecule has 0 fully saturated rings. The third kappa shape index (κ3) is 5.39. The summed E-state index contributed by atoms with van der Waals surface area (Å²) in [5.74, 6) is -1.60. The number of hydrogen-bond donors (Lipinski definition) is 1. The Hall–Kier alpha value is -1.18. The number of rotatable bonds is 3. The van der Waals surface area contributed by atoms with Gasteiger partial charge in [0, 0.05) is 26.9 Å². The van der Waals surface area contributed by atoms with Gasteiger partial charge in [-0.15, -0.1) is 0 Å². The molecule has 3 nitrogen and oxygen atoms in total. The Morgan fingerprint density at radius 3 is 2.24 bits per heavy atom. The molecule has 0 aromatic heterocycles. The van der Waals surface area contributed by atoms with E-state index in [1.54, 1.807) is 0 Å². The van der Waals surface area contributed by atoms with E-state index in [4.69, 9.17) is 28.9 Å². The summed E-state index contributed by atoms with van der Waals surface area (Å²) < 4.78 is 38.0. The van der Waals surface area contributed by atoms with E-state index in [-0.39, 0.29) is 45.8 Å². The van der Waals surface area contributed by atoms with Gasteiger partial charge in [-0.2, -0.15) is 13.2 Å². The number of nitrogens with two attached hydrogens (primary N) is 1. The Kier molecular flexibility index (Phi) is 7.40. The summed E-state index contributed by atoms with van der Waals surface area (Å²) in [4.78, 5) is 11.4. The van der Waals surface area contributed by atoms with Crippen LogP contribution in [-0.2, 0) is 11.0 Å². The van der Waals surface area contributed by atoms with Crippen LogP contribution in [0.4, 0.5) is 18.9 Å². The minimum Gasteiger partial charge on any atom is -0.545 e. The van der Waals surface area contributed by atoms with E-state index in [9.17, 15) is 23.1 Å². The fourth-order valence-corrected chi connectivity index (χ4v) is 2.47. The number of carbonyl (C=O) groups is 1. The average molecular weight is 398 g/mol. The molecule has 0 saturated heterocycles. The molecule has 0 saturated carbocycles. The summed E-state index contributed by atoms with van der Waals surface area (Å²) in [6.07, 6.45) is -3.43. The van der Waals surface area contributed by atoms with Crippen LogP contribution >= 0.6 is 23.2 Å². The molecule has 0 heterocycles. The van der Waals surface area contributed by atoms with Crippen LogP contribution in [0.25, 0.3) is 11.6 Å². The average Bonchev–Trinajstić information content (AvgIpc) is 2.45. The van der Waals surface area contributed by atoms with Crippen LogP contribution < -0.4 is 40.4 Å². The molecule has 0 unspecified atom stereocenters. The Morgan fingerprint density at radius 1 is 1.12 bits per heavy atom. The Labute approximate surface area is 173 Å². The molecule has 0 atom stereocenters. The summed E-state index contributed by atoms with van der Waals surface area (Å²) in [5.41, 5.74) is 4.07. The van der Waals surface area contributed by atoms with E-state index >= 15 is 0 Å². The zero-order valence-electron chi connectivity index (χ0n) is 12.8. The largest absolute Gasteiger partial charge is 1.00 e. The second-order valence-electron chi connectivity index (χ2n) is 4.81. The van der Waals surface area contributed by atoms with Gasteiger partial charge in [-0.1, -0.05) is 35.3 Å². The number of anilines is 1. The molecule has 0 radical (unpaired) electrons. The quantitative estimate of drug-likeness (QED) is 0.362. The first-order valence-electron chi connectivity index (χ1n) is 6.45. The number of carbonyl (C=O) groups excluding carboxylic acids is 1. The van der Waals surface area contributed by atoms with Gasteiger partial charge < -0.3 is 15.6 Å². The number of carboxylic acids is 1. The smallest absolute Gasteiger partial charge is 0.545 e. The molecule has 9 heteroatoms. The van der Waals surface area contributed by atoms with Gasteiger partial charge in [0.15, 0.2) is 0 Å². The van der Waals surface area contributed by atoms with Gasteiger partial charge in [0.25, 0.3) is 0 Å². The van der Waals surface area contributed by atoms with E-state index in [0.717, 1.165) is 18.2 Å². The monoisotopic (exact) mass is 397 g/mol. The molecule has 0 aliphatic heterocycles. The van der Waals surface area contributed by atoms with Gasteiger partial charge in [0.05, 0.1) is 11.5 Å². The fourth-order valence-electron chi connectivity index (χ4n) is 2.01. The van der Waals surface area contributed by atoms with Crippen molar-refractivity contribution >= 4 is 46.5 Å². The van der Waals surface area contributed by atoms with Crippen molar-refractivity contribution in [2.45, 2.75) is 6.18 Å². The van der Waals surface area contributed by atoms with Crippen molar-refractivity contribution in [2.75, 3.05) is 5.73 Å². The van der Waals surface area contributed by atoms with Crippen LogP contribution in [0, 0.1) is 0 Å². The molecule has 0 bridgehead atoms. The van der Waals surface area contributed by atoms with Gasteiger partial charge in [0.1, 0.15) is 0 Å². The summed E-state index contributed by atoms with van der Waals surface area (Å²) >= 11 is 11.7. The normalized spacial score (nSPS) is 11.8. The topological polar surface area (TPSA) is 66.2 Å². The van der Waals surface area contributed by atoms with Crippen molar-refractivity contribution in [1.29, 1.82) is 0 Å². The molecule has 0 aliphatic rings. The zero-order chi connectivity index (χ0) is 18.1. The molecule has 2 rings (SSSR count). The molecule has 0 amide bonds. The summed E-state index contributed by atoms with van der Waals surface area (Å²) in [7, 11) is 0. The SMILES string of the molecule is Nc1cc(C(F)(F)F)ccc1C(=Cc1ccc(Cl)cc1Cl)C(=O)[O-].[Na+]. The molecule has 2 aromatic rings. The minimum atomic E-state index is -4.59. The Balaban J connectivity index is 0.00000312. The predicted molar refractivity (Wildman–Crippen MR) is 85.2 cm³/mol. The Morgan fingerprint density at radius 2 is 1.76 bits per heavy atom. The molecular weight excluding hydrogens is 389 g/mol. The number of nitrogen functional groups attached to an aromatic ring is 1. The number of hydrogen-bond acceptors (Lipinski definition) is 3. The maximum Gasteiger partial charge on any atom is 1.00 e. The minimum absolute atomic E-state index is 0. The van der Waals surface area contributed by atoms with Gasteiger partial charge in [0.2, 0.25) is 0 Å². The second-order valence-corrected chi connectivity index (χ2v) is 5.65. The first kappa shape index (κ1) is 21.9. The van der Waals surface area contributed by atoms with Crippen molar-refractivity contribution in [3.63, 3.8) is 0 Å². The van der Waals surface area contributed by atoms with Crippen molar-refractivity contribution < 1.29 is 52.6 Å². The van der Waals surface area contributed by atoms with E-state index < -0.39 is 23.3 Å². The third-order valence-corrected chi connectivity index (χ3v) is 3.71. The number of alkyl halides is 3. The molecule has 0 spiro atoms. The van der Waals surface area contributed by atoms with Crippen LogP contribution in [0.3, 0.4) is 0 Å². The van der Waals surface area contributed by atoms with Gasteiger partial charge >= 0.3 is 35.7 Å². The van der Waals surface area contributed by atoms with Crippen LogP contribution in [0.15, 0.2) is 36.4 Å². The molecular formula is C16H9Cl2F3NNaO2. The maximum absolute atomic E-state index is 12.7. The summed E-state index contributed by atoms with van der Waals surface area (Å²) in [6.45, 7) is 0. The third-order valence-electron chi connectivity index (χ3n) is 3.15. The number of halogens is 5. The second kappa shape index (κ2) is 8.47. The van der Waals surface area contributed by atoms with Crippen molar-refractivity contribution in [3.05, 3.63) is 63.1 Å². The number of aliphatic carboxylic acids is 1. The first-order valence-corrected chi connectivity index (χ1v) is 7.20. The van der Waals surface area contributed by atoms with Crippen LogP contribution in [0.2, 0.25) is 10.0 Å².